The van der Waals surface area contributed by atoms with E-state index in [1.807, 2.05) is 0 Å². The zero-order valence-electron chi connectivity index (χ0n) is 11.2. The van der Waals surface area contributed by atoms with E-state index in [1.165, 1.54) is 11.3 Å². The Hall–Kier alpha value is -1.22. The predicted octanol–water partition coefficient (Wildman–Crippen LogP) is 2.19. The number of hydrogen-bond donors (Lipinski definition) is 1. The highest BCUT2D eigenvalue weighted by Gasteiger charge is 2.24. The standard InChI is InChI=1S/C14H22N2O/c1-10-5-13(7-14(6-10)17-4)16-11(2)8-15-9-12(16)3/h5-7,11-12,15H,8-9H2,1-4H3/t11-,12?/m1/s1. The van der Waals surface area contributed by atoms with Gasteiger partial charge in [0.1, 0.15) is 5.75 Å². The lowest BCUT2D eigenvalue weighted by atomic mass is 10.1. The molecule has 1 saturated heterocycles. The number of hydrogen-bond acceptors (Lipinski definition) is 3. The molecule has 1 aromatic rings. The first-order chi connectivity index (χ1) is 8.11. The largest absolute Gasteiger partial charge is 0.497 e. The Bertz CT molecular complexity index is 382. The van der Waals surface area contributed by atoms with Crippen LogP contribution in [0.25, 0.3) is 0 Å². The number of nitrogens with zero attached hydrogens (tertiary/aromatic N) is 1. The van der Waals surface area contributed by atoms with Gasteiger partial charge in [-0.05, 0) is 38.5 Å². The van der Waals surface area contributed by atoms with Crippen molar-refractivity contribution < 1.29 is 4.74 Å². The molecule has 0 saturated carbocycles. The van der Waals surface area contributed by atoms with Gasteiger partial charge in [0.15, 0.2) is 0 Å². The van der Waals surface area contributed by atoms with Crippen molar-refractivity contribution in [3.8, 4) is 5.75 Å². The first kappa shape index (κ1) is 12.2. The van der Waals surface area contributed by atoms with Gasteiger partial charge in [-0.2, -0.15) is 0 Å². The summed E-state index contributed by atoms with van der Waals surface area (Å²) < 4.78 is 5.35. The lowest BCUT2D eigenvalue weighted by Gasteiger charge is -2.41. The molecule has 1 aromatic carbocycles. The molecule has 0 radical (unpaired) electrons. The van der Waals surface area contributed by atoms with E-state index in [0.29, 0.717) is 12.1 Å². The van der Waals surface area contributed by atoms with Crippen molar-refractivity contribution in [2.75, 3.05) is 25.1 Å². The first-order valence-electron chi connectivity index (χ1n) is 6.26. The molecule has 2 atom stereocenters. The topological polar surface area (TPSA) is 24.5 Å². The molecule has 3 nitrogen and oxygen atoms in total. The molecule has 1 aliphatic heterocycles. The van der Waals surface area contributed by atoms with E-state index in [2.05, 4.69) is 49.2 Å². The normalized spacial score (nSPS) is 24.8. The molecule has 1 heterocycles. The van der Waals surface area contributed by atoms with Crippen LogP contribution in [0, 0.1) is 6.92 Å². The lowest BCUT2D eigenvalue weighted by Crippen LogP contribution is -2.55. The van der Waals surface area contributed by atoms with Crippen molar-refractivity contribution in [3.63, 3.8) is 0 Å². The summed E-state index contributed by atoms with van der Waals surface area (Å²) in [5.41, 5.74) is 2.51. The molecule has 0 aliphatic carbocycles. The molecular weight excluding hydrogens is 212 g/mol. The van der Waals surface area contributed by atoms with Gasteiger partial charge in [0.2, 0.25) is 0 Å². The maximum absolute atomic E-state index is 5.35. The van der Waals surface area contributed by atoms with Crippen LogP contribution in [0.5, 0.6) is 5.75 Å². The van der Waals surface area contributed by atoms with Crippen molar-refractivity contribution >= 4 is 5.69 Å². The molecule has 1 aliphatic rings. The average Bonchev–Trinajstić information content (AvgIpc) is 2.28. The summed E-state index contributed by atoms with van der Waals surface area (Å²) in [6, 6.07) is 7.48. The summed E-state index contributed by atoms with van der Waals surface area (Å²) in [4.78, 5) is 2.48. The second kappa shape index (κ2) is 4.96. The van der Waals surface area contributed by atoms with Crippen LogP contribution in [0.1, 0.15) is 19.4 Å². The van der Waals surface area contributed by atoms with E-state index in [0.717, 1.165) is 18.8 Å². The number of piperazine rings is 1. The van der Waals surface area contributed by atoms with E-state index in [9.17, 15) is 0 Å². The molecule has 0 amide bonds. The van der Waals surface area contributed by atoms with Crippen LogP contribution in [-0.4, -0.2) is 32.3 Å². The Morgan fingerprint density at radius 1 is 1.18 bits per heavy atom. The molecule has 1 N–H and O–H groups in total. The van der Waals surface area contributed by atoms with Gasteiger partial charge < -0.3 is 15.0 Å². The summed E-state index contributed by atoms with van der Waals surface area (Å²) in [7, 11) is 1.73. The third-order valence-electron chi connectivity index (χ3n) is 3.40. The van der Waals surface area contributed by atoms with Gasteiger partial charge in [-0.25, -0.2) is 0 Å². The van der Waals surface area contributed by atoms with E-state index in [1.54, 1.807) is 7.11 Å². The number of benzene rings is 1. The SMILES string of the molecule is COc1cc(C)cc(N2C(C)CNC[C@H]2C)c1. The number of nitrogens with one attached hydrogen (secondary N) is 1. The van der Waals surface area contributed by atoms with E-state index in [4.69, 9.17) is 4.74 Å². The fourth-order valence-corrected chi connectivity index (χ4v) is 2.64. The molecule has 94 valence electrons. The van der Waals surface area contributed by atoms with Crippen molar-refractivity contribution in [1.29, 1.82) is 0 Å². The van der Waals surface area contributed by atoms with Gasteiger partial charge in [-0.15, -0.1) is 0 Å². The van der Waals surface area contributed by atoms with E-state index in [-0.39, 0.29) is 0 Å². The fourth-order valence-electron chi connectivity index (χ4n) is 2.64. The number of methoxy groups -OCH3 is 1. The van der Waals surface area contributed by atoms with Gasteiger partial charge >= 0.3 is 0 Å². The zero-order chi connectivity index (χ0) is 12.4. The van der Waals surface area contributed by atoms with Crippen LogP contribution >= 0.6 is 0 Å². The van der Waals surface area contributed by atoms with Crippen LogP contribution in [-0.2, 0) is 0 Å². The Morgan fingerprint density at radius 2 is 1.82 bits per heavy atom. The molecular formula is C14H22N2O. The average molecular weight is 234 g/mol. The quantitative estimate of drug-likeness (QED) is 0.849. The molecule has 0 aromatic heterocycles. The molecule has 2 rings (SSSR count). The van der Waals surface area contributed by atoms with E-state index >= 15 is 0 Å². The van der Waals surface area contributed by atoms with Gasteiger partial charge in [-0.1, -0.05) is 0 Å². The highest BCUT2D eigenvalue weighted by atomic mass is 16.5. The number of rotatable bonds is 2. The molecule has 17 heavy (non-hydrogen) atoms. The van der Waals surface area contributed by atoms with Crippen molar-refractivity contribution in [2.24, 2.45) is 0 Å². The molecule has 1 fully saturated rings. The van der Waals surface area contributed by atoms with Crippen molar-refractivity contribution in [2.45, 2.75) is 32.9 Å². The second-order valence-electron chi connectivity index (χ2n) is 4.97. The van der Waals surface area contributed by atoms with Crippen LogP contribution in [0.3, 0.4) is 0 Å². The molecule has 0 spiro atoms. The van der Waals surface area contributed by atoms with Crippen LogP contribution in [0.15, 0.2) is 18.2 Å². The molecule has 3 heteroatoms. The summed E-state index contributed by atoms with van der Waals surface area (Å²) in [6.45, 7) is 8.72. The van der Waals surface area contributed by atoms with Crippen molar-refractivity contribution in [3.05, 3.63) is 23.8 Å². The van der Waals surface area contributed by atoms with Gasteiger partial charge in [-0.3, -0.25) is 0 Å². The summed E-state index contributed by atoms with van der Waals surface area (Å²) in [6.07, 6.45) is 0. The van der Waals surface area contributed by atoms with Gasteiger partial charge in [0, 0.05) is 36.9 Å². The molecule has 1 unspecified atom stereocenters. The van der Waals surface area contributed by atoms with Gasteiger partial charge in [0.05, 0.1) is 7.11 Å². The summed E-state index contributed by atoms with van der Waals surface area (Å²) in [5.74, 6) is 0.943. The zero-order valence-corrected chi connectivity index (χ0v) is 11.2. The highest BCUT2D eigenvalue weighted by molar-refractivity contribution is 5.55. The maximum Gasteiger partial charge on any atom is 0.121 e. The Labute approximate surface area is 104 Å². The number of aryl methyl sites for hydroxylation is 1. The van der Waals surface area contributed by atoms with Crippen LogP contribution < -0.4 is 15.0 Å². The van der Waals surface area contributed by atoms with Crippen LogP contribution in [0.2, 0.25) is 0 Å². The minimum absolute atomic E-state index is 0.519. The highest BCUT2D eigenvalue weighted by Crippen LogP contribution is 2.27. The Morgan fingerprint density at radius 3 is 2.41 bits per heavy atom. The summed E-state index contributed by atoms with van der Waals surface area (Å²) >= 11 is 0. The Balaban J connectivity index is 2.34. The second-order valence-corrected chi connectivity index (χ2v) is 4.97. The molecule has 0 bridgehead atoms. The lowest BCUT2D eigenvalue weighted by molar-refractivity contribution is 0.411. The van der Waals surface area contributed by atoms with E-state index < -0.39 is 0 Å². The third-order valence-corrected chi connectivity index (χ3v) is 3.40. The maximum atomic E-state index is 5.35. The smallest absolute Gasteiger partial charge is 0.121 e. The predicted molar refractivity (Wildman–Crippen MR) is 72.0 cm³/mol. The Kier molecular flexibility index (Phi) is 3.57. The number of anilines is 1. The minimum atomic E-state index is 0.519. The minimum Gasteiger partial charge on any atom is -0.497 e. The number of ether oxygens (including phenoxy) is 1. The summed E-state index contributed by atoms with van der Waals surface area (Å²) in [5, 5.41) is 3.45. The third kappa shape index (κ3) is 2.55. The monoisotopic (exact) mass is 234 g/mol. The van der Waals surface area contributed by atoms with Gasteiger partial charge in [0.25, 0.3) is 0 Å². The fraction of sp³-hybridized carbons (Fsp3) is 0.571. The first-order valence-corrected chi connectivity index (χ1v) is 6.26. The van der Waals surface area contributed by atoms with Crippen molar-refractivity contribution in [1.82, 2.24) is 5.32 Å². The van der Waals surface area contributed by atoms with Crippen LogP contribution in [0.4, 0.5) is 5.69 Å².